The Labute approximate surface area is 196 Å². The Morgan fingerprint density at radius 2 is 2.03 bits per heavy atom. The third-order valence-electron chi connectivity index (χ3n) is 4.17. The highest BCUT2D eigenvalue weighted by atomic mass is 35.5. The van der Waals surface area contributed by atoms with Gasteiger partial charge in [0.1, 0.15) is 12.4 Å². The van der Waals surface area contributed by atoms with Crippen molar-refractivity contribution >= 4 is 58.1 Å². The first-order valence-corrected chi connectivity index (χ1v) is 10.4. The predicted octanol–water partition coefficient (Wildman–Crippen LogP) is 3.63. The van der Waals surface area contributed by atoms with Gasteiger partial charge in [-0.3, -0.25) is 19.3 Å². The van der Waals surface area contributed by atoms with Gasteiger partial charge < -0.3 is 19.9 Å². The fourth-order valence-corrected chi connectivity index (χ4v) is 3.91. The molecule has 1 aliphatic rings. The van der Waals surface area contributed by atoms with Crippen molar-refractivity contribution in [2.24, 2.45) is 0 Å². The number of imide groups is 1. The van der Waals surface area contributed by atoms with Crippen LogP contribution < -0.4 is 14.8 Å². The number of ether oxygens (including phenoxy) is 2. The van der Waals surface area contributed by atoms with Gasteiger partial charge in [-0.05, 0) is 53.7 Å². The number of benzene rings is 2. The Hall–Kier alpha value is -3.57. The lowest BCUT2D eigenvalue weighted by molar-refractivity contribution is -0.139. The van der Waals surface area contributed by atoms with Gasteiger partial charge in [0, 0.05) is 5.69 Å². The molecule has 172 valence electrons. The topological polar surface area (TPSA) is 122 Å². The van der Waals surface area contributed by atoms with Crippen molar-refractivity contribution in [2.45, 2.75) is 0 Å². The quantitative estimate of drug-likeness (QED) is 0.533. The molecule has 1 aliphatic heterocycles. The van der Waals surface area contributed by atoms with Gasteiger partial charge >= 0.3 is 5.97 Å². The molecule has 0 bridgehead atoms. The summed E-state index contributed by atoms with van der Waals surface area (Å²) in [5, 5.41) is 10.6. The van der Waals surface area contributed by atoms with E-state index in [9.17, 15) is 23.6 Å². The zero-order valence-electron chi connectivity index (χ0n) is 17.0. The third kappa shape index (κ3) is 6.02. The number of hydrogen-bond donors (Lipinski definition) is 2. The van der Waals surface area contributed by atoms with Crippen molar-refractivity contribution in [3.63, 3.8) is 0 Å². The molecule has 12 heteroatoms. The number of nitrogens with zero attached hydrogens (tertiary/aromatic N) is 1. The lowest BCUT2D eigenvalue weighted by atomic mass is 10.1. The first-order chi connectivity index (χ1) is 15.7. The van der Waals surface area contributed by atoms with Crippen LogP contribution in [0, 0.1) is 5.82 Å². The minimum absolute atomic E-state index is 0.0147. The molecule has 3 rings (SSSR count). The fraction of sp³-hybridized carbons (Fsp3) is 0.143. The number of amides is 3. The van der Waals surface area contributed by atoms with Gasteiger partial charge in [-0.1, -0.05) is 17.7 Å². The van der Waals surface area contributed by atoms with E-state index in [4.69, 9.17) is 26.2 Å². The van der Waals surface area contributed by atoms with E-state index in [0.717, 1.165) is 11.0 Å². The number of nitrogens with one attached hydrogen (secondary N) is 1. The van der Waals surface area contributed by atoms with Gasteiger partial charge in [-0.25, -0.2) is 9.18 Å². The minimum atomic E-state index is -1.20. The Morgan fingerprint density at radius 3 is 2.70 bits per heavy atom. The lowest BCUT2D eigenvalue weighted by Crippen LogP contribution is -2.36. The summed E-state index contributed by atoms with van der Waals surface area (Å²) >= 11 is 6.79. The van der Waals surface area contributed by atoms with E-state index in [-0.39, 0.29) is 27.1 Å². The summed E-state index contributed by atoms with van der Waals surface area (Å²) in [6, 6.07) is 8.05. The van der Waals surface area contributed by atoms with Crippen LogP contribution in [0.1, 0.15) is 5.56 Å². The largest absolute Gasteiger partial charge is 0.493 e. The molecule has 0 atom stereocenters. The summed E-state index contributed by atoms with van der Waals surface area (Å²) in [4.78, 5) is 48.7. The second-order valence-corrected chi connectivity index (χ2v) is 7.94. The Bertz CT molecular complexity index is 1170. The van der Waals surface area contributed by atoms with Crippen molar-refractivity contribution in [1.29, 1.82) is 0 Å². The molecular weight excluding hydrogens is 479 g/mol. The van der Waals surface area contributed by atoms with E-state index in [1.165, 1.54) is 43.5 Å². The van der Waals surface area contributed by atoms with E-state index in [0.29, 0.717) is 17.3 Å². The zero-order chi connectivity index (χ0) is 24.1. The maximum absolute atomic E-state index is 13.3. The maximum atomic E-state index is 13.3. The number of halogens is 2. The summed E-state index contributed by atoms with van der Waals surface area (Å²) < 4.78 is 23.5. The van der Waals surface area contributed by atoms with E-state index in [1.807, 2.05) is 0 Å². The van der Waals surface area contributed by atoms with Gasteiger partial charge in [-0.15, -0.1) is 0 Å². The van der Waals surface area contributed by atoms with Crippen molar-refractivity contribution in [2.75, 3.05) is 25.6 Å². The summed E-state index contributed by atoms with van der Waals surface area (Å²) in [6.07, 6.45) is 1.38. The summed E-state index contributed by atoms with van der Waals surface area (Å²) in [6.45, 7) is -1.18. The van der Waals surface area contributed by atoms with E-state index < -0.39 is 42.0 Å². The fourth-order valence-electron chi connectivity index (χ4n) is 2.80. The molecule has 33 heavy (non-hydrogen) atoms. The highest BCUT2D eigenvalue weighted by Crippen LogP contribution is 2.39. The van der Waals surface area contributed by atoms with E-state index >= 15 is 0 Å². The normalized spacial score (nSPS) is 14.5. The van der Waals surface area contributed by atoms with Gasteiger partial charge in [0.05, 0.1) is 17.0 Å². The van der Waals surface area contributed by atoms with Gasteiger partial charge in [-0.2, -0.15) is 0 Å². The molecule has 2 aromatic carbocycles. The predicted molar refractivity (Wildman–Crippen MR) is 119 cm³/mol. The minimum Gasteiger partial charge on any atom is -0.493 e. The SMILES string of the molecule is COc1cc(/C=C2/SC(=O)N(CC(=O)Nc3cccc(F)c3)C2=O)cc(Cl)c1OCC(=O)O. The number of hydrogen-bond acceptors (Lipinski definition) is 7. The van der Waals surface area contributed by atoms with Crippen LogP contribution >= 0.6 is 23.4 Å². The third-order valence-corrected chi connectivity index (χ3v) is 5.36. The molecule has 9 nitrogen and oxygen atoms in total. The molecule has 0 aliphatic carbocycles. The van der Waals surface area contributed by atoms with Crippen molar-refractivity contribution in [1.82, 2.24) is 4.90 Å². The molecule has 0 unspecified atom stereocenters. The number of carbonyl (C=O) groups is 4. The second kappa shape index (κ2) is 10.4. The molecule has 2 aromatic rings. The Balaban J connectivity index is 1.75. The number of rotatable bonds is 8. The summed E-state index contributed by atoms with van der Waals surface area (Å²) in [7, 11) is 1.33. The van der Waals surface area contributed by atoms with Crippen LogP contribution in [0.4, 0.5) is 14.9 Å². The molecule has 0 radical (unpaired) electrons. The zero-order valence-corrected chi connectivity index (χ0v) is 18.5. The molecule has 2 N–H and O–H groups in total. The molecular formula is C21H16ClFN2O7S. The molecule has 1 saturated heterocycles. The molecule has 0 saturated carbocycles. The second-order valence-electron chi connectivity index (χ2n) is 6.54. The van der Waals surface area contributed by atoms with Crippen molar-refractivity contribution in [3.8, 4) is 11.5 Å². The van der Waals surface area contributed by atoms with Crippen molar-refractivity contribution < 1.29 is 38.1 Å². The smallest absolute Gasteiger partial charge is 0.341 e. The molecule has 1 fully saturated rings. The highest BCUT2D eigenvalue weighted by Gasteiger charge is 2.36. The number of carboxylic acids is 1. The molecule has 0 aromatic heterocycles. The van der Waals surface area contributed by atoms with Gasteiger partial charge in [0.2, 0.25) is 5.91 Å². The van der Waals surface area contributed by atoms with Crippen LogP contribution in [0.3, 0.4) is 0 Å². The average molecular weight is 495 g/mol. The molecule has 0 spiro atoms. The number of thioether (sulfide) groups is 1. The summed E-state index contributed by atoms with van der Waals surface area (Å²) in [5.74, 6) is -2.97. The van der Waals surface area contributed by atoms with Gasteiger partial charge in [0.15, 0.2) is 18.1 Å². The van der Waals surface area contributed by atoms with Crippen LogP contribution in [-0.2, 0) is 14.4 Å². The number of anilines is 1. The number of carboxylic acid groups (broad SMARTS) is 1. The molecule has 1 heterocycles. The first kappa shape index (κ1) is 24.1. The molecule has 3 amide bonds. The Kier molecular flexibility index (Phi) is 7.56. The van der Waals surface area contributed by atoms with Crippen molar-refractivity contribution in [3.05, 3.63) is 57.7 Å². The van der Waals surface area contributed by atoms with Crippen LogP contribution in [0.2, 0.25) is 5.02 Å². The van der Waals surface area contributed by atoms with E-state index in [1.54, 1.807) is 0 Å². The van der Waals surface area contributed by atoms with Crippen LogP contribution in [0.5, 0.6) is 11.5 Å². The number of methoxy groups -OCH3 is 1. The van der Waals surface area contributed by atoms with Gasteiger partial charge in [0.25, 0.3) is 11.1 Å². The number of aliphatic carboxylic acids is 1. The monoisotopic (exact) mass is 494 g/mol. The first-order valence-electron chi connectivity index (χ1n) is 9.21. The summed E-state index contributed by atoms with van der Waals surface area (Å²) in [5.41, 5.74) is 0.573. The van der Waals surface area contributed by atoms with Crippen LogP contribution in [0.15, 0.2) is 41.3 Å². The average Bonchev–Trinajstić information content (AvgIpc) is 2.99. The number of carbonyl (C=O) groups excluding carboxylic acids is 3. The highest BCUT2D eigenvalue weighted by molar-refractivity contribution is 8.18. The van der Waals surface area contributed by atoms with Crippen LogP contribution in [-0.4, -0.2) is 53.3 Å². The Morgan fingerprint density at radius 1 is 1.27 bits per heavy atom. The van der Waals surface area contributed by atoms with Crippen LogP contribution in [0.25, 0.3) is 6.08 Å². The van der Waals surface area contributed by atoms with E-state index in [2.05, 4.69) is 5.32 Å². The maximum Gasteiger partial charge on any atom is 0.341 e. The standard InChI is InChI=1S/C21H16ClFN2O7S/c1-31-15-6-11(5-14(22)19(15)32-10-18(27)28)7-16-20(29)25(21(30)33-16)9-17(26)24-13-4-2-3-12(23)8-13/h2-8H,9-10H2,1H3,(H,24,26)(H,27,28)/b16-7+. The lowest BCUT2D eigenvalue weighted by Gasteiger charge is -2.13.